The normalized spacial score (nSPS) is 15.0. The van der Waals surface area contributed by atoms with Crippen LogP contribution in [0.2, 0.25) is 0 Å². The highest BCUT2D eigenvalue weighted by Crippen LogP contribution is 2.19. The minimum Gasteiger partial charge on any atom is -0.460 e. The zero-order valence-corrected chi connectivity index (χ0v) is 11.9. The summed E-state index contributed by atoms with van der Waals surface area (Å²) in [6.07, 6.45) is -3.77. The summed E-state index contributed by atoms with van der Waals surface area (Å²) in [5.74, 6) is 1.45. The lowest BCUT2D eigenvalue weighted by atomic mass is 9.98. The Hall–Kier alpha value is -1.87. The van der Waals surface area contributed by atoms with Crippen LogP contribution in [0.1, 0.15) is 24.8 Å². The number of Topliss-reactive ketones (excluding diaryl/α,β-unsaturated/α-hetero) is 1. The van der Waals surface area contributed by atoms with E-state index < -0.39 is 24.1 Å². The van der Waals surface area contributed by atoms with Crippen LogP contribution in [0.3, 0.4) is 0 Å². The predicted octanol–water partition coefficient (Wildman–Crippen LogP) is 0.00120. The average molecular weight is 315 g/mol. The second-order valence-corrected chi connectivity index (χ2v) is 4.72. The Bertz CT molecular complexity index is 524. The van der Waals surface area contributed by atoms with E-state index in [4.69, 9.17) is 9.84 Å². The second-order valence-electron chi connectivity index (χ2n) is 4.72. The van der Waals surface area contributed by atoms with Crippen molar-refractivity contribution in [3.63, 3.8) is 0 Å². The molecule has 0 aliphatic rings. The summed E-state index contributed by atoms with van der Waals surface area (Å²) < 4.78 is 17.8. The number of hydrogen-bond donors (Lipinski definition) is 3. The molecule has 122 valence electrons. The highest BCUT2D eigenvalue weighted by Gasteiger charge is 2.31. The van der Waals surface area contributed by atoms with Crippen molar-refractivity contribution in [2.45, 2.75) is 31.7 Å². The molecule has 3 unspecified atom stereocenters. The molecule has 0 saturated heterocycles. The van der Waals surface area contributed by atoms with Crippen LogP contribution in [0.25, 0.3) is 0 Å². The van der Waals surface area contributed by atoms with Gasteiger partial charge in [-0.15, -0.1) is 0 Å². The SMILES string of the molecule is CC(CCOC(=O)C(=O)C(O)C(O)ON)c1cccc(F)c1. The number of halogens is 1. The maximum Gasteiger partial charge on any atom is 0.377 e. The standard InChI is InChI=1S/C14H18FNO6/c1-8(9-3-2-4-10(15)7-9)5-6-21-13(19)11(17)12(18)14(20)22-16/h2-4,7-8,12,14,18,20H,5-6,16H2,1H3. The van der Waals surface area contributed by atoms with Crippen LogP contribution in [-0.4, -0.2) is 41.0 Å². The number of carbonyl (C=O) groups is 2. The molecule has 8 heteroatoms. The fraction of sp³-hybridized carbons (Fsp3) is 0.429. The number of rotatable bonds is 8. The third-order valence-corrected chi connectivity index (χ3v) is 3.08. The first-order valence-corrected chi connectivity index (χ1v) is 6.55. The van der Waals surface area contributed by atoms with E-state index in [1.165, 1.54) is 12.1 Å². The molecule has 1 aromatic rings. The molecule has 0 heterocycles. The van der Waals surface area contributed by atoms with E-state index in [9.17, 15) is 19.1 Å². The fourth-order valence-electron chi connectivity index (χ4n) is 1.70. The smallest absolute Gasteiger partial charge is 0.377 e. The summed E-state index contributed by atoms with van der Waals surface area (Å²) in [4.78, 5) is 26.6. The Morgan fingerprint density at radius 3 is 2.64 bits per heavy atom. The minimum absolute atomic E-state index is 0.0958. The van der Waals surface area contributed by atoms with Crippen molar-refractivity contribution in [2.24, 2.45) is 5.90 Å². The molecule has 3 atom stereocenters. The summed E-state index contributed by atoms with van der Waals surface area (Å²) in [6.45, 7) is 1.71. The van der Waals surface area contributed by atoms with Gasteiger partial charge in [-0.1, -0.05) is 19.1 Å². The molecule has 7 nitrogen and oxygen atoms in total. The number of ether oxygens (including phenoxy) is 1. The number of aliphatic hydroxyl groups is 2. The van der Waals surface area contributed by atoms with Crippen LogP contribution in [0.4, 0.5) is 4.39 Å². The number of hydrogen-bond acceptors (Lipinski definition) is 7. The fourth-order valence-corrected chi connectivity index (χ4v) is 1.70. The maximum atomic E-state index is 13.1. The van der Waals surface area contributed by atoms with E-state index in [0.717, 1.165) is 5.56 Å². The predicted molar refractivity (Wildman–Crippen MR) is 72.7 cm³/mol. The van der Waals surface area contributed by atoms with E-state index in [2.05, 4.69) is 10.7 Å². The van der Waals surface area contributed by atoms with Crippen molar-refractivity contribution in [1.29, 1.82) is 0 Å². The van der Waals surface area contributed by atoms with Crippen LogP contribution in [0, 0.1) is 5.82 Å². The number of carbonyl (C=O) groups excluding carboxylic acids is 2. The Morgan fingerprint density at radius 1 is 1.36 bits per heavy atom. The highest BCUT2D eigenvalue weighted by atomic mass is 19.1. The Labute approximate surface area is 126 Å². The quantitative estimate of drug-likeness (QED) is 0.267. The van der Waals surface area contributed by atoms with Crippen molar-refractivity contribution < 1.29 is 33.8 Å². The van der Waals surface area contributed by atoms with Gasteiger partial charge in [-0.05, 0) is 30.0 Å². The molecule has 0 aliphatic heterocycles. The van der Waals surface area contributed by atoms with E-state index in [-0.39, 0.29) is 18.3 Å². The zero-order valence-electron chi connectivity index (χ0n) is 11.9. The first-order valence-electron chi connectivity index (χ1n) is 6.55. The van der Waals surface area contributed by atoms with Crippen LogP contribution in [0.5, 0.6) is 0 Å². The molecule has 0 fully saturated rings. The van der Waals surface area contributed by atoms with Gasteiger partial charge in [0.15, 0.2) is 6.10 Å². The first kappa shape index (κ1) is 18.2. The van der Waals surface area contributed by atoms with Crippen molar-refractivity contribution >= 4 is 11.8 Å². The molecular weight excluding hydrogens is 297 g/mol. The summed E-state index contributed by atoms with van der Waals surface area (Å²) in [7, 11) is 0. The monoisotopic (exact) mass is 315 g/mol. The van der Waals surface area contributed by atoms with E-state index in [1.807, 2.05) is 6.92 Å². The molecule has 0 radical (unpaired) electrons. The average Bonchev–Trinajstić information content (AvgIpc) is 2.52. The number of nitrogens with two attached hydrogens (primary N) is 1. The summed E-state index contributed by atoms with van der Waals surface area (Å²) >= 11 is 0. The number of ketones is 1. The summed E-state index contributed by atoms with van der Waals surface area (Å²) in [6, 6.07) is 6.00. The van der Waals surface area contributed by atoms with Gasteiger partial charge in [0.25, 0.3) is 5.78 Å². The molecule has 0 aliphatic carbocycles. The third-order valence-electron chi connectivity index (χ3n) is 3.08. The second kappa shape index (κ2) is 8.54. The van der Waals surface area contributed by atoms with Crippen LogP contribution >= 0.6 is 0 Å². The third kappa shape index (κ3) is 5.15. The van der Waals surface area contributed by atoms with Gasteiger partial charge in [0.05, 0.1) is 6.61 Å². The van der Waals surface area contributed by atoms with Gasteiger partial charge in [-0.25, -0.2) is 15.1 Å². The Morgan fingerprint density at radius 2 is 2.05 bits per heavy atom. The molecule has 4 N–H and O–H groups in total. The van der Waals surface area contributed by atoms with Gasteiger partial charge in [-0.2, -0.15) is 0 Å². The lowest BCUT2D eigenvalue weighted by Gasteiger charge is -2.14. The molecule has 0 bridgehead atoms. The Kier molecular flexibility index (Phi) is 7.06. The lowest BCUT2D eigenvalue weighted by molar-refractivity contribution is -0.182. The van der Waals surface area contributed by atoms with Crippen molar-refractivity contribution in [3.05, 3.63) is 35.6 Å². The number of aliphatic hydroxyl groups excluding tert-OH is 2. The minimum atomic E-state index is -2.11. The largest absolute Gasteiger partial charge is 0.460 e. The molecule has 0 spiro atoms. The molecule has 22 heavy (non-hydrogen) atoms. The van der Waals surface area contributed by atoms with Crippen molar-refractivity contribution in [3.8, 4) is 0 Å². The van der Waals surface area contributed by atoms with Crippen LogP contribution in [-0.2, 0) is 19.2 Å². The van der Waals surface area contributed by atoms with Gasteiger partial charge in [-0.3, -0.25) is 9.63 Å². The van der Waals surface area contributed by atoms with E-state index in [1.54, 1.807) is 12.1 Å². The van der Waals surface area contributed by atoms with Gasteiger partial charge < -0.3 is 14.9 Å². The van der Waals surface area contributed by atoms with Crippen LogP contribution < -0.4 is 5.90 Å². The van der Waals surface area contributed by atoms with Gasteiger partial charge in [0.1, 0.15) is 5.82 Å². The maximum absolute atomic E-state index is 13.1. The van der Waals surface area contributed by atoms with Crippen molar-refractivity contribution in [2.75, 3.05) is 6.61 Å². The first-order chi connectivity index (χ1) is 10.4. The van der Waals surface area contributed by atoms with E-state index >= 15 is 0 Å². The van der Waals surface area contributed by atoms with Gasteiger partial charge in [0, 0.05) is 0 Å². The molecular formula is C14H18FNO6. The Balaban J connectivity index is 2.43. The molecule has 0 aromatic heterocycles. The molecule has 1 rings (SSSR count). The van der Waals surface area contributed by atoms with Crippen LogP contribution in [0.15, 0.2) is 24.3 Å². The van der Waals surface area contributed by atoms with Crippen molar-refractivity contribution in [1.82, 2.24) is 0 Å². The summed E-state index contributed by atoms with van der Waals surface area (Å²) in [5.41, 5.74) is 0.731. The van der Waals surface area contributed by atoms with Gasteiger partial charge >= 0.3 is 5.97 Å². The topological polar surface area (TPSA) is 119 Å². The van der Waals surface area contributed by atoms with E-state index in [0.29, 0.717) is 6.42 Å². The molecule has 0 amide bonds. The number of esters is 1. The zero-order chi connectivity index (χ0) is 16.7. The number of benzene rings is 1. The summed E-state index contributed by atoms with van der Waals surface area (Å²) in [5, 5.41) is 18.2. The molecule has 1 aromatic carbocycles. The highest BCUT2D eigenvalue weighted by molar-refractivity contribution is 6.35. The van der Waals surface area contributed by atoms with Gasteiger partial charge in [0.2, 0.25) is 6.29 Å². The lowest BCUT2D eigenvalue weighted by Crippen LogP contribution is -2.41. The molecule has 0 saturated carbocycles.